The van der Waals surface area contributed by atoms with Crippen LogP contribution in [0.1, 0.15) is 23.2 Å². The number of hydrogen-bond donors (Lipinski definition) is 0. The van der Waals surface area contributed by atoms with Gasteiger partial charge in [0.05, 0.1) is 31.3 Å². The van der Waals surface area contributed by atoms with Crippen molar-refractivity contribution in [1.82, 2.24) is 9.21 Å². The zero-order valence-corrected chi connectivity index (χ0v) is 15.9. The monoisotopic (exact) mass is 396 g/mol. The normalized spacial score (nSPS) is 23.6. The van der Waals surface area contributed by atoms with Crippen LogP contribution in [0.15, 0.2) is 29.2 Å². The molecule has 3 aliphatic heterocycles. The van der Waals surface area contributed by atoms with Crippen molar-refractivity contribution in [2.24, 2.45) is 0 Å². The molecule has 3 fully saturated rings. The molecule has 3 heterocycles. The number of benzene rings is 1. The van der Waals surface area contributed by atoms with E-state index in [0.717, 1.165) is 0 Å². The van der Waals surface area contributed by atoms with Crippen molar-refractivity contribution in [2.75, 3.05) is 52.6 Å². The second-order valence-corrected chi connectivity index (χ2v) is 8.88. The van der Waals surface area contributed by atoms with E-state index in [2.05, 4.69) is 0 Å². The van der Waals surface area contributed by atoms with E-state index in [1.807, 2.05) is 0 Å². The van der Waals surface area contributed by atoms with Crippen molar-refractivity contribution < 1.29 is 27.4 Å². The Morgan fingerprint density at radius 3 is 2.07 bits per heavy atom. The molecule has 0 saturated carbocycles. The number of nitrogens with zero attached hydrogens (tertiary/aromatic N) is 2. The van der Waals surface area contributed by atoms with Crippen LogP contribution in [-0.2, 0) is 24.2 Å². The number of rotatable bonds is 3. The first kappa shape index (κ1) is 18.8. The van der Waals surface area contributed by atoms with Crippen molar-refractivity contribution in [1.29, 1.82) is 0 Å². The van der Waals surface area contributed by atoms with Gasteiger partial charge in [-0.15, -0.1) is 0 Å². The van der Waals surface area contributed by atoms with Crippen molar-refractivity contribution >= 4 is 15.9 Å². The lowest BCUT2D eigenvalue weighted by atomic mass is 10.1. The molecule has 1 amide bonds. The molecule has 0 N–H and O–H groups in total. The Bertz CT molecular complexity index is 773. The van der Waals surface area contributed by atoms with Crippen molar-refractivity contribution in [3.05, 3.63) is 29.8 Å². The third-order valence-electron chi connectivity index (χ3n) is 5.34. The molecule has 0 bridgehead atoms. The van der Waals surface area contributed by atoms with Crippen molar-refractivity contribution in [3.8, 4) is 0 Å². The summed E-state index contributed by atoms with van der Waals surface area (Å²) in [5.74, 6) is -0.710. The van der Waals surface area contributed by atoms with Gasteiger partial charge in [-0.1, -0.05) is 0 Å². The van der Waals surface area contributed by atoms with E-state index >= 15 is 0 Å². The van der Waals surface area contributed by atoms with Gasteiger partial charge in [0, 0.05) is 44.6 Å². The molecule has 3 aliphatic rings. The number of piperidine rings is 1. The SMILES string of the molecule is O=C(c1ccc(S(=O)(=O)N2CCC3(CC2)OCCO3)cc1)N1CCOCC1. The van der Waals surface area contributed by atoms with Gasteiger partial charge >= 0.3 is 0 Å². The Morgan fingerprint density at radius 1 is 0.889 bits per heavy atom. The fraction of sp³-hybridized carbons (Fsp3) is 0.611. The van der Waals surface area contributed by atoms with E-state index in [1.54, 1.807) is 17.0 Å². The Morgan fingerprint density at radius 2 is 1.48 bits per heavy atom. The molecule has 0 atom stereocenters. The van der Waals surface area contributed by atoms with Crippen LogP contribution in [0.25, 0.3) is 0 Å². The number of sulfonamides is 1. The first-order chi connectivity index (χ1) is 13.0. The highest BCUT2D eigenvalue weighted by molar-refractivity contribution is 7.89. The van der Waals surface area contributed by atoms with Crippen LogP contribution in [0.5, 0.6) is 0 Å². The standard InChI is InChI=1S/C18H24N2O6S/c21-17(19-9-11-24-12-10-19)15-1-3-16(4-2-15)27(22,23)20-7-5-18(6-8-20)25-13-14-26-18/h1-4H,5-14H2. The number of amides is 1. The lowest BCUT2D eigenvalue weighted by Gasteiger charge is -2.36. The second kappa shape index (κ2) is 7.48. The molecule has 1 spiro atoms. The molecular formula is C18H24N2O6S. The number of carbonyl (C=O) groups is 1. The van der Waals surface area contributed by atoms with Gasteiger partial charge < -0.3 is 19.1 Å². The molecule has 3 saturated heterocycles. The maximum absolute atomic E-state index is 12.9. The summed E-state index contributed by atoms with van der Waals surface area (Å²) < 4.78 is 43.8. The summed E-state index contributed by atoms with van der Waals surface area (Å²) in [4.78, 5) is 14.4. The first-order valence-corrected chi connectivity index (χ1v) is 10.7. The molecular weight excluding hydrogens is 372 g/mol. The van der Waals surface area contributed by atoms with Crippen LogP contribution >= 0.6 is 0 Å². The molecule has 0 aromatic heterocycles. The highest BCUT2D eigenvalue weighted by atomic mass is 32.2. The van der Waals surface area contributed by atoms with Gasteiger partial charge in [-0.3, -0.25) is 4.79 Å². The summed E-state index contributed by atoms with van der Waals surface area (Å²) in [6, 6.07) is 6.19. The largest absolute Gasteiger partial charge is 0.378 e. The maximum atomic E-state index is 12.9. The predicted octanol–water partition coefficient (Wildman–Crippen LogP) is 0.687. The van der Waals surface area contributed by atoms with Gasteiger partial charge in [0.1, 0.15) is 0 Å². The van der Waals surface area contributed by atoms with E-state index in [0.29, 0.717) is 71.0 Å². The van der Waals surface area contributed by atoms with Gasteiger partial charge in [0.15, 0.2) is 5.79 Å². The fourth-order valence-electron chi connectivity index (χ4n) is 3.72. The van der Waals surface area contributed by atoms with E-state index < -0.39 is 15.8 Å². The van der Waals surface area contributed by atoms with Crippen LogP contribution in [0.4, 0.5) is 0 Å². The molecule has 4 rings (SSSR count). The Labute approximate surface area is 159 Å². The van der Waals surface area contributed by atoms with Gasteiger partial charge in [-0.05, 0) is 24.3 Å². The number of morpholine rings is 1. The molecule has 0 aliphatic carbocycles. The maximum Gasteiger partial charge on any atom is 0.254 e. The van der Waals surface area contributed by atoms with Gasteiger partial charge in [-0.25, -0.2) is 8.42 Å². The highest BCUT2D eigenvalue weighted by Crippen LogP contribution is 2.33. The highest BCUT2D eigenvalue weighted by Gasteiger charge is 2.42. The van der Waals surface area contributed by atoms with Gasteiger partial charge in [-0.2, -0.15) is 4.31 Å². The average molecular weight is 396 g/mol. The molecule has 9 heteroatoms. The quantitative estimate of drug-likeness (QED) is 0.747. The van der Waals surface area contributed by atoms with E-state index in [4.69, 9.17) is 14.2 Å². The van der Waals surface area contributed by atoms with Crippen LogP contribution in [0.2, 0.25) is 0 Å². The van der Waals surface area contributed by atoms with E-state index in [-0.39, 0.29) is 10.8 Å². The molecule has 1 aromatic carbocycles. The number of hydrogen-bond acceptors (Lipinski definition) is 6. The second-order valence-electron chi connectivity index (χ2n) is 6.94. The third kappa shape index (κ3) is 3.74. The van der Waals surface area contributed by atoms with Crippen LogP contribution < -0.4 is 0 Å². The van der Waals surface area contributed by atoms with Crippen molar-refractivity contribution in [3.63, 3.8) is 0 Å². The zero-order valence-electron chi connectivity index (χ0n) is 15.1. The minimum atomic E-state index is -3.60. The topological polar surface area (TPSA) is 85.4 Å². The summed E-state index contributed by atoms with van der Waals surface area (Å²) >= 11 is 0. The number of ether oxygens (including phenoxy) is 3. The minimum Gasteiger partial charge on any atom is -0.378 e. The summed E-state index contributed by atoms with van der Waals surface area (Å²) in [6.07, 6.45) is 1.06. The molecule has 0 unspecified atom stereocenters. The van der Waals surface area contributed by atoms with Crippen LogP contribution in [0, 0.1) is 0 Å². The average Bonchev–Trinajstić information content (AvgIpc) is 3.16. The lowest BCUT2D eigenvalue weighted by Crippen LogP contribution is -2.47. The zero-order chi connectivity index (χ0) is 18.9. The van der Waals surface area contributed by atoms with Crippen molar-refractivity contribution in [2.45, 2.75) is 23.5 Å². The molecule has 0 radical (unpaired) electrons. The van der Waals surface area contributed by atoms with Crippen LogP contribution in [0.3, 0.4) is 0 Å². The van der Waals surface area contributed by atoms with Crippen LogP contribution in [-0.4, -0.2) is 81.9 Å². The minimum absolute atomic E-state index is 0.0994. The Hall–Kier alpha value is -1.52. The fourth-order valence-corrected chi connectivity index (χ4v) is 5.16. The summed E-state index contributed by atoms with van der Waals surface area (Å²) in [5.41, 5.74) is 0.487. The molecule has 148 valence electrons. The molecule has 1 aromatic rings. The Balaban J connectivity index is 1.44. The summed E-state index contributed by atoms with van der Waals surface area (Å²) in [7, 11) is -3.60. The van der Waals surface area contributed by atoms with E-state index in [9.17, 15) is 13.2 Å². The first-order valence-electron chi connectivity index (χ1n) is 9.25. The van der Waals surface area contributed by atoms with Gasteiger partial charge in [0.25, 0.3) is 5.91 Å². The lowest BCUT2D eigenvalue weighted by molar-refractivity contribution is -0.179. The van der Waals surface area contributed by atoms with Gasteiger partial charge in [0.2, 0.25) is 10.0 Å². The number of carbonyl (C=O) groups excluding carboxylic acids is 1. The smallest absolute Gasteiger partial charge is 0.254 e. The summed E-state index contributed by atoms with van der Waals surface area (Å²) in [5, 5.41) is 0. The third-order valence-corrected chi connectivity index (χ3v) is 7.25. The van der Waals surface area contributed by atoms with E-state index in [1.165, 1.54) is 16.4 Å². The predicted molar refractivity (Wildman–Crippen MR) is 95.8 cm³/mol. The molecule has 27 heavy (non-hydrogen) atoms. The Kier molecular flexibility index (Phi) is 5.21. The molecule has 8 nitrogen and oxygen atoms in total. The summed E-state index contributed by atoms with van der Waals surface area (Å²) in [6.45, 7) is 4.01.